The van der Waals surface area contributed by atoms with Crippen molar-refractivity contribution in [2.75, 3.05) is 38.6 Å². The molecule has 10 nitrogen and oxygen atoms in total. The first-order valence-electron chi connectivity index (χ1n) is 13.1. The third-order valence-corrected chi connectivity index (χ3v) is 6.85. The van der Waals surface area contributed by atoms with Gasteiger partial charge < -0.3 is 29.5 Å². The average Bonchev–Trinajstić information content (AvgIpc) is 3.00. The zero-order valence-electron chi connectivity index (χ0n) is 24.1. The third-order valence-electron chi connectivity index (χ3n) is 6.85. The fourth-order valence-electron chi connectivity index (χ4n) is 4.31. The molecule has 214 valence electrons. The lowest BCUT2D eigenvalue weighted by Crippen LogP contribution is -2.33. The molecule has 2 aromatic heterocycles. The maximum Gasteiger partial charge on any atom is 0.326 e. The number of benzene rings is 2. The second-order valence-corrected chi connectivity index (χ2v) is 9.72. The van der Waals surface area contributed by atoms with Crippen LogP contribution in [0, 0.1) is 0 Å². The van der Waals surface area contributed by atoms with E-state index in [9.17, 15) is 9.90 Å². The van der Waals surface area contributed by atoms with Gasteiger partial charge in [-0.05, 0) is 36.6 Å². The van der Waals surface area contributed by atoms with E-state index in [1.165, 1.54) is 0 Å². The lowest BCUT2D eigenvalue weighted by molar-refractivity contribution is -0.137. The van der Waals surface area contributed by atoms with E-state index in [2.05, 4.69) is 15.3 Å². The van der Waals surface area contributed by atoms with Crippen molar-refractivity contribution >= 4 is 17.7 Å². The standard InChI is InChI=1S/C31H35N5O5/c1-19(2)36(3)31-33-18-24(28-26(40-5)15-23(39-4)16-27(28)41-6)29(35-31)34-25(30(37)38)14-20-9-11-21(12-10-20)22-8-7-13-32-17-22/h7-13,15-19,25H,14H2,1-6H3,(H,37,38)(H,33,34,35)/t25-/m0/s1. The number of carboxylic acid groups (broad SMARTS) is 1. The zero-order chi connectivity index (χ0) is 29.5. The van der Waals surface area contributed by atoms with Gasteiger partial charge in [0.25, 0.3) is 0 Å². The third kappa shape index (κ3) is 6.66. The molecule has 0 fully saturated rings. The van der Waals surface area contributed by atoms with Crippen LogP contribution in [0.2, 0.25) is 0 Å². The van der Waals surface area contributed by atoms with E-state index >= 15 is 0 Å². The van der Waals surface area contributed by atoms with E-state index < -0.39 is 12.0 Å². The fourth-order valence-corrected chi connectivity index (χ4v) is 4.31. The Morgan fingerprint density at radius 2 is 1.66 bits per heavy atom. The van der Waals surface area contributed by atoms with Crippen LogP contribution in [-0.4, -0.2) is 66.5 Å². The number of aliphatic carboxylic acids is 1. The molecule has 0 saturated carbocycles. The van der Waals surface area contributed by atoms with Gasteiger partial charge in [0, 0.05) is 50.2 Å². The molecule has 0 bridgehead atoms. The number of carboxylic acids is 1. The molecule has 4 aromatic rings. The van der Waals surface area contributed by atoms with Gasteiger partial charge in [0.15, 0.2) is 0 Å². The van der Waals surface area contributed by atoms with Crippen molar-refractivity contribution in [1.82, 2.24) is 15.0 Å². The van der Waals surface area contributed by atoms with Gasteiger partial charge in [-0.25, -0.2) is 9.78 Å². The van der Waals surface area contributed by atoms with Crippen molar-refractivity contribution in [3.05, 3.63) is 72.7 Å². The number of carbonyl (C=O) groups is 1. The number of pyridine rings is 1. The predicted octanol–water partition coefficient (Wildman–Crippen LogP) is 5.18. The van der Waals surface area contributed by atoms with Crippen LogP contribution in [0.4, 0.5) is 11.8 Å². The molecule has 0 aliphatic carbocycles. The number of methoxy groups -OCH3 is 3. The number of anilines is 2. The molecule has 0 unspecified atom stereocenters. The Morgan fingerprint density at radius 3 is 2.20 bits per heavy atom. The summed E-state index contributed by atoms with van der Waals surface area (Å²) in [5.74, 6) is 1.25. The van der Waals surface area contributed by atoms with Crippen LogP contribution in [0.1, 0.15) is 19.4 Å². The Kier molecular flexibility index (Phi) is 9.23. The quantitative estimate of drug-likeness (QED) is 0.241. The zero-order valence-corrected chi connectivity index (χ0v) is 24.1. The Hall–Kier alpha value is -4.86. The minimum atomic E-state index is -1.02. The number of nitrogens with one attached hydrogen (secondary N) is 1. The molecule has 41 heavy (non-hydrogen) atoms. The summed E-state index contributed by atoms with van der Waals surface area (Å²) in [6, 6.07) is 14.2. The highest BCUT2D eigenvalue weighted by Crippen LogP contribution is 2.44. The molecular weight excluding hydrogens is 522 g/mol. The first-order chi connectivity index (χ1) is 19.7. The number of hydrogen-bond acceptors (Lipinski definition) is 9. The molecule has 0 saturated heterocycles. The van der Waals surface area contributed by atoms with E-state index in [0.29, 0.717) is 40.1 Å². The van der Waals surface area contributed by atoms with E-state index in [0.717, 1.165) is 16.7 Å². The SMILES string of the molecule is COc1cc(OC)c(-c2cnc(N(C)C(C)C)nc2N[C@@H](Cc2ccc(-c3cccnc3)cc2)C(=O)O)c(OC)c1. The highest BCUT2D eigenvalue weighted by Gasteiger charge is 2.25. The van der Waals surface area contributed by atoms with Gasteiger partial charge in [0.2, 0.25) is 5.95 Å². The molecular formula is C31H35N5O5. The molecule has 0 aliphatic rings. The van der Waals surface area contributed by atoms with Gasteiger partial charge >= 0.3 is 5.97 Å². The summed E-state index contributed by atoms with van der Waals surface area (Å²) in [4.78, 5) is 27.9. The Bertz CT molecular complexity index is 1450. The summed E-state index contributed by atoms with van der Waals surface area (Å²) in [5, 5.41) is 13.4. The van der Waals surface area contributed by atoms with Gasteiger partial charge in [-0.15, -0.1) is 0 Å². The second kappa shape index (κ2) is 13.0. The molecule has 0 amide bonds. The molecule has 1 atom stereocenters. The van der Waals surface area contributed by atoms with Crippen molar-refractivity contribution in [1.29, 1.82) is 0 Å². The fraction of sp³-hybridized carbons (Fsp3) is 0.290. The Labute approximate surface area is 240 Å². The largest absolute Gasteiger partial charge is 0.496 e. The summed E-state index contributed by atoms with van der Waals surface area (Å²) in [5.41, 5.74) is 3.94. The maximum absolute atomic E-state index is 12.5. The summed E-state index contributed by atoms with van der Waals surface area (Å²) in [6.07, 6.45) is 5.39. The highest BCUT2D eigenvalue weighted by molar-refractivity contribution is 5.87. The van der Waals surface area contributed by atoms with E-state index in [1.807, 2.05) is 62.2 Å². The van der Waals surface area contributed by atoms with E-state index in [-0.39, 0.29) is 12.5 Å². The van der Waals surface area contributed by atoms with Crippen LogP contribution in [0.25, 0.3) is 22.3 Å². The molecule has 2 heterocycles. The highest BCUT2D eigenvalue weighted by atomic mass is 16.5. The van der Waals surface area contributed by atoms with Gasteiger partial charge in [0.05, 0.1) is 32.5 Å². The predicted molar refractivity (Wildman–Crippen MR) is 159 cm³/mol. The Balaban J connectivity index is 1.75. The van der Waals surface area contributed by atoms with Crippen LogP contribution < -0.4 is 24.4 Å². The molecule has 0 spiro atoms. The topological polar surface area (TPSA) is 119 Å². The molecule has 0 aliphatic heterocycles. The normalized spacial score (nSPS) is 11.6. The van der Waals surface area contributed by atoms with Crippen LogP contribution in [0.5, 0.6) is 17.2 Å². The smallest absolute Gasteiger partial charge is 0.326 e. The maximum atomic E-state index is 12.5. The van der Waals surface area contributed by atoms with Crippen molar-refractivity contribution in [2.24, 2.45) is 0 Å². The van der Waals surface area contributed by atoms with Crippen molar-refractivity contribution in [2.45, 2.75) is 32.4 Å². The molecule has 10 heteroatoms. The lowest BCUT2D eigenvalue weighted by atomic mass is 10.0. The lowest BCUT2D eigenvalue weighted by Gasteiger charge is -2.25. The molecule has 2 aromatic carbocycles. The Morgan fingerprint density at radius 1 is 0.976 bits per heavy atom. The van der Waals surface area contributed by atoms with Crippen molar-refractivity contribution in [3.8, 4) is 39.5 Å². The number of hydrogen-bond donors (Lipinski definition) is 2. The first-order valence-corrected chi connectivity index (χ1v) is 13.1. The van der Waals surface area contributed by atoms with Gasteiger partial charge in [-0.1, -0.05) is 30.3 Å². The summed E-state index contributed by atoms with van der Waals surface area (Å²) < 4.78 is 16.8. The van der Waals surface area contributed by atoms with Crippen LogP contribution >= 0.6 is 0 Å². The first kappa shape index (κ1) is 29.1. The summed E-state index contributed by atoms with van der Waals surface area (Å²) in [6.45, 7) is 4.05. The van der Waals surface area contributed by atoms with Crippen LogP contribution in [-0.2, 0) is 11.2 Å². The molecule has 0 radical (unpaired) electrons. The number of rotatable bonds is 12. The summed E-state index contributed by atoms with van der Waals surface area (Å²) in [7, 11) is 6.53. The number of aromatic nitrogens is 3. The monoisotopic (exact) mass is 557 g/mol. The number of ether oxygens (including phenoxy) is 3. The van der Waals surface area contributed by atoms with Gasteiger partial charge in [0.1, 0.15) is 29.1 Å². The van der Waals surface area contributed by atoms with Crippen molar-refractivity contribution in [3.63, 3.8) is 0 Å². The number of nitrogens with zero attached hydrogens (tertiary/aromatic N) is 4. The minimum Gasteiger partial charge on any atom is -0.496 e. The van der Waals surface area contributed by atoms with Crippen molar-refractivity contribution < 1.29 is 24.1 Å². The van der Waals surface area contributed by atoms with E-state index in [1.54, 1.807) is 52.1 Å². The summed E-state index contributed by atoms with van der Waals surface area (Å²) >= 11 is 0. The van der Waals surface area contributed by atoms with Gasteiger partial charge in [-0.2, -0.15) is 4.98 Å². The average molecular weight is 558 g/mol. The van der Waals surface area contributed by atoms with Crippen LogP contribution in [0.15, 0.2) is 67.1 Å². The second-order valence-electron chi connectivity index (χ2n) is 9.72. The molecule has 4 rings (SSSR count). The van der Waals surface area contributed by atoms with E-state index in [4.69, 9.17) is 19.2 Å². The minimum absolute atomic E-state index is 0.118. The van der Waals surface area contributed by atoms with Crippen LogP contribution in [0.3, 0.4) is 0 Å². The molecule has 2 N–H and O–H groups in total. The van der Waals surface area contributed by atoms with Gasteiger partial charge in [-0.3, -0.25) is 4.98 Å².